The van der Waals surface area contributed by atoms with Gasteiger partial charge in [-0.15, -0.1) is 0 Å². The monoisotopic (exact) mass is 265 g/mol. The van der Waals surface area contributed by atoms with Crippen LogP contribution in [0.25, 0.3) is 16.9 Å². The average molecular weight is 265 g/mol. The molecule has 0 aliphatic carbocycles. The number of fused-ring (bicyclic) bond motifs is 1. The van der Waals surface area contributed by atoms with Gasteiger partial charge in [-0.25, -0.2) is 9.97 Å². The van der Waals surface area contributed by atoms with Crippen LogP contribution in [-0.4, -0.2) is 14.5 Å². The predicted molar refractivity (Wildman–Crippen MR) is 82.1 cm³/mol. The first-order valence-electron chi connectivity index (χ1n) is 7.04. The summed E-state index contributed by atoms with van der Waals surface area (Å²) in [6.45, 7) is 6.54. The summed E-state index contributed by atoms with van der Waals surface area (Å²) in [4.78, 5) is 9.27. The van der Waals surface area contributed by atoms with E-state index in [0.717, 1.165) is 29.1 Å². The Kier molecular flexibility index (Phi) is 3.26. The lowest BCUT2D eigenvalue weighted by Crippen LogP contribution is -2.05. The molecule has 3 nitrogen and oxygen atoms in total. The Morgan fingerprint density at radius 1 is 1.15 bits per heavy atom. The van der Waals surface area contributed by atoms with Crippen molar-refractivity contribution in [2.75, 3.05) is 0 Å². The second kappa shape index (κ2) is 5.08. The van der Waals surface area contributed by atoms with Crippen molar-refractivity contribution in [1.82, 2.24) is 14.5 Å². The van der Waals surface area contributed by atoms with Crippen LogP contribution in [0.3, 0.4) is 0 Å². The minimum absolute atomic E-state index is 0.565. The van der Waals surface area contributed by atoms with Gasteiger partial charge < -0.3 is 0 Å². The van der Waals surface area contributed by atoms with Crippen molar-refractivity contribution in [2.24, 2.45) is 5.92 Å². The van der Waals surface area contributed by atoms with Crippen LogP contribution in [-0.2, 0) is 6.42 Å². The van der Waals surface area contributed by atoms with Crippen LogP contribution in [0, 0.1) is 12.8 Å². The van der Waals surface area contributed by atoms with Crippen molar-refractivity contribution < 1.29 is 0 Å². The summed E-state index contributed by atoms with van der Waals surface area (Å²) in [5, 5.41) is 0. The zero-order valence-electron chi connectivity index (χ0n) is 12.2. The maximum Gasteiger partial charge on any atom is 0.164 e. The van der Waals surface area contributed by atoms with Crippen molar-refractivity contribution in [3.8, 4) is 5.69 Å². The number of pyridine rings is 1. The fourth-order valence-electron chi connectivity index (χ4n) is 2.50. The van der Waals surface area contributed by atoms with Gasteiger partial charge in [-0.05, 0) is 42.7 Å². The summed E-state index contributed by atoms with van der Waals surface area (Å²) in [7, 11) is 0. The number of nitrogens with zero attached hydrogens (tertiary/aromatic N) is 3. The van der Waals surface area contributed by atoms with Gasteiger partial charge in [0.1, 0.15) is 11.3 Å². The van der Waals surface area contributed by atoms with Gasteiger partial charge >= 0.3 is 0 Å². The molecule has 1 aromatic carbocycles. The van der Waals surface area contributed by atoms with Gasteiger partial charge in [0.05, 0.1) is 0 Å². The standard InChI is InChI=1S/C17H19N3/c1-12(2)10-16-19-15-8-5-9-18-17(15)20(16)14-7-4-6-13(3)11-14/h4-9,11-12H,10H2,1-3H3. The van der Waals surface area contributed by atoms with Crippen molar-refractivity contribution >= 4 is 11.2 Å². The molecular weight excluding hydrogens is 246 g/mol. The van der Waals surface area contributed by atoms with Gasteiger partial charge in [0.15, 0.2) is 5.65 Å². The maximum atomic E-state index is 4.76. The average Bonchev–Trinajstić information content (AvgIpc) is 2.75. The summed E-state index contributed by atoms with van der Waals surface area (Å²) in [5.41, 5.74) is 4.29. The quantitative estimate of drug-likeness (QED) is 0.718. The third-order valence-electron chi connectivity index (χ3n) is 3.34. The molecule has 102 valence electrons. The van der Waals surface area contributed by atoms with E-state index in [4.69, 9.17) is 4.98 Å². The Bertz CT molecular complexity index is 741. The Morgan fingerprint density at radius 2 is 2.00 bits per heavy atom. The van der Waals surface area contributed by atoms with Crippen molar-refractivity contribution in [2.45, 2.75) is 27.2 Å². The lowest BCUT2D eigenvalue weighted by molar-refractivity contribution is 0.616. The van der Waals surface area contributed by atoms with Crippen LogP contribution in [0.5, 0.6) is 0 Å². The molecule has 0 atom stereocenters. The van der Waals surface area contributed by atoms with Crippen LogP contribution < -0.4 is 0 Å². The summed E-state index contributed by atoms with van der Waals surface area (Å²) in [5.74, 6) is 1.65. The topological polar surface area (TPSA) is 30.7 Å². The SMILES string of the molecule is Cc1cccc(-n2c(CC(C)C)nc3cccnc32)c1. The number of imidazole rings is 1. The fraction of sp³-hybridized carbons (Fsp3) is 0.294. The van der Waals surface area contributed by atoms with E-state index in [1.807, 2.05) is 18.3 Å². The summed E-state index contributed by atoms with van der Waals surface area (Å²) in [6.07, 6.45) is 2.78. The van der Waals surface area contributed by atoms with E-state index < -0.39 is 0 Å². The van der Waals surface area contributed by atoms with Gasteiger partial charge in [-0.2, -0.15) is 0 Å². The first-order chi connectivity index (χ1) is 9.65. The lowest BCUT2D eigenvalue weighted by Gasteiger charge is -2.10. The molecule has 0 amide bonds. The number of aryl methyl sites for hydroxylation is 1. The molecule has 3 heteroatoms. The molecule has 2 aromatic heterocycles. The zero-order chi connectivity index (χ0) is 14.1. The smallest absolute Gasteiger partial charge is 0.164 e. The Hall–Kier alpha value is -2.16. The molecule has 3 rings (SSSR count). The first-order valence-corrected chi connectivity index (χ1v) is 7.04. The van der Waals surface area contributed by atoms with Crippen molar-refractivity contribution in [1.29, 1.82) is 0 Å². The normalized spacial score (nSPS) is 11.4. The molecule has 0 N–H and O–H groups in total. The number of aromatic nitrogens is 3. The van der Waals surface area contributed by atoms with Crippen LogP contribution in [0.2, 0.25) is 0 Å². The molecule has 0 aliphatic rings. The Morgan fingerprint density at radius 3 is 2.75 bits per heavy atom. The van der Waals surface area contributed by atoms with E-state index in [1.54, 1.807) is 0 Å². The number of hydrogen-bond donors (Lipinski definition) is 0. The Labute approximate surface area is 119 Å². The van der Waals surface area contributed by atoms with Gasteiger partial charge in [-0.3, -0.25) is 4.57 Å². The van der Waals surface area contributed by atoms with Crippen LogP contribution in [0.1, 0.15) is 25.2 Å². The summed E-state index contributed by atoms with van der Waals surface area (Å²) < 4.78 is 2.18. The molecule has 0 spiro atoms. The van der Waals surface area contributed by atoms with Gasteiger partial charge in [0, 0.05) is 18.3 Å². The number of benzene rings is 1. The third kappa shape index (κ3) is 2.31. The predicted octanol–water partition coefficient (Wildman–Crippen LogP) is 3.93. The highest BCUT2D eigenvalue weighted by Crippen LogP contribution is 2.22. The molecule has 0 fully saturated rings. The minimum atomic E-state index is 0.565. The summed E-state index contributed by atoms with van der Waals surface area (Å²) in [6, 6.07) is 12.5. The fourth-order valence-corrected chi connectivity index (χ4v) is 2.50. The molecule has 0 bridgehead atoms. The highest BCUT2D eigenvalue weighted by Gasteiger charge is 2.14. The van der Waals surface area contributed by atoms with E-state index in [-0.39, 0.29) is 0 Å². The van der Waals surface area contributed by atoms with Crippen LogP contribution >= 0.6 is 0 Å². The zero-order valence-corrected chi connectivity index (χ0v) is 12.2. The maximum absolute atomic E-state index is 4.76. The van der Waals surface area contributed by atoms with E-state index in [9.17, 15) is 0 Å². The second-order valence-electron chi connectivity index (χ2n) is 5.65. The molecule has 0 unspecified atom stereocenters. The second-order valence-corrected chi connectivity index (χ2v) is 5.65. The van der Waals surface area contributed by atoms with Gasteiger partial charge in [0.2, 0.25) is 0 Å². The van der Waals surface area contributed by atoms with E-state index >= 15 is 0 Å². The van der Waals surface area contributed by atoms with Crippen LogP contribution in [0.15, 0.2) is 42.6 Å². The molecule has 0 aliphatic heterocycles. The summed E-state index contributed by atoms with van der Waals surface area (Å²) >= 11 is 0. The number of hydrogen-bond acceptors (Lipinski definition) is 2. The molecular formula is C17H19N3. The lowest BCUT2D eigenvalue weighted by atomic mass is 10.1. The molecule has 3 aromatic rings. The Balaban J connectivity index is 2.25. The molecule has 2 heterocycles. The van der Waals surface area contributed by atoms with E-state index in [0.29, 0.717) is 5.92 Å². The largest absolute Gasteiger partial charge is 0.281 e. The first kappa shape index (κ1) is 12.9. The highest BCUT2D eigenvalue weighted by molar-refractivity contribution is 5.73. The van der Waals surface area contributed by atoms with E-state index in [1.165, 1.54) is 5.56 Å². The minimum Gasteiger partial charge on any atom is -0.281 e. The van der Waals surface area contributed by atoms with Gasteiger partial charge in [-0.1, -0.05) is 26.0 Å². The molecule has 0 radical (unpaired) electrons. The highest BCUT2D eigenvalue weighted by atomic mass is 15.1. The molecule has 0 saturated carbocycles. The molecule has 20 heavy (non-hydrogen) atoms. The number of rotatable bonds is 3. The van der Waals surface area contributed by atoms with E-state index in [2.05, 4.69) is 54.6 Å². The molecule has 0 saturated heterocycles. The van der Waals surface area contributed by atoms with Crippen molar-refractivity contribution in [3.05, 3.63) is 54.0 Å². The van der Waals surface area contributed by atoms with Crippen molar-refractivity contribution in [3.63, 3.8) is 0 Å². The third-order valence-corrected chi connectivity index (χ3v) is 3.34. The van der Waals surface area contributed by atoms with Gasteiger partial charge in [0.25, 0.3) is 0 Å². The van der Waals surface area contributed by atoms with Crippen LogP contribution in [0.4, 0.5) is 0 Å².